The molecule has 20 heavy (non-hydrogen) atoms. The van der Waals surface area contributed by atoms with Gasteiger partial charge < -0.3 is 9.05 Å². The van der Waals surface area contributed by atoms with E-state index in [-0.39, 0.29) is 13.2 Å². The van der Waals surface area contributed by atoms with Gasteiger partial charge in [-0.05, 0) is 67.7 Å². The molecule has 1 aromatic carbocycles. The van der Waals surface area contributed by atoms with E-state index in [9.17, 15) is 4.57 Å². The van der Waals surface area contributed by atoms with Crippen LogP contribution in [0, 0.1) is 0 Å². The van der Waals surface area contributed by atoms with Crippen LogP contribution in [-0.4, -0.2) is 13.2 Å². The molecule has 0 aliphatic heterocycles. The van der Waals surface area contributed by atoms with Gasteiger partial charge in [0.2, 0.25) is 2.97 Å². The summed E-state index contributed by atoms with van der Waals surface area (Å²) in [4.78, 5) is 0. The molecule has 114 valence electrons. The Morgan fingerprint density at radius 2 is 1.55 bits per heavy atom. The average molecular weight is 623 g/mol. The van der Waals surface area contributed by atoms with Gasteiger partial charge in [0.25, 0.3) is 0 Å². The van der Waals surface area contributed by atoms with Crippen LogP contribution in [0.4, 0.5) is 0 Å². The lowest BCUT2D eigenvalue weighted by molar-refractivity contribution is 0.217. The number of hydrogen-bond acceptors (Lipinski definition) is 3. The van der Waals surface area contributed by atoms with E-state index in [1.54, 1.807) is 13.8 Å². The van der Waals surface area contributed by atoms with Crippen LogP contribution in [0.2, 0.25) is 0 Å². The molecule has 1 rings (SSSR count). The van der Waals surface area contributed by atoms with Crippen LogP contribution in [0.15, 0.2) is 25.6 Å². The van der Waals surface area contributed by atoms with E-state index in [1.807, 2.05) is 12.1 Å². The predicted molar refractivity (Wildman–Crippen MR) is 99.9 cm³/mol. The fourth-order valence-corrected chi connectivity index (χ4v) is 7.17. The molecule has 3 nitrogen and oxygen atoms in total. The number of halogens is 5. The van der Waals surface area contributed by atoms with E-state index in [4.69, 9.17) is 9.05 Å². The first kappa shape index (κ1) is 19.8. The highest BCUT2D eigenvalue weighted by Gasteiger charge is 2.50. The fourth-order valence-electron chi connectivity index (χ4n) is 1.45. The summed E-state index contributed by atoms with van der Waals surface area (Å²) in [7, 11) is -3.44. The van der Waals surface area contributed by atoms with E-state index in [0.29, 0.717) is 5.56 Å². The van der Waals surface area contributed by atoms with Gasteiger partial charge in [-0.15, -0.1) is 0 Å². The lowest BCUT2D eigenvalue weighted by Gasteiger charge is -2.30. The Balaban J connectivity index is 3.41. The SMILES string of the molecule is CCOP(=O)(OCC)C(Br)(Br)c1ccc(Br)c(Br)c1Br. The Morgan fingerprint density at radius 1 is 1.05 bits per heavy atom. The second-order valence-electron chi connectivity index (χ2n) is 3.60. The Kier molecular flexibility index (Phi) is 7.97. The highest BCUT2D eigenvalue weighted by atomic mass is 79.9. The Labute approximate surface area is 160 Å². The highest BCUT2D eigenvalue weighted by molar-refractivity contribution is 9.26. The summed E-state index contributed by atoms with van der Waals surface area (Å²) in [6.45, 7) is 4.11. The van der Waals surface area contributed by atoms with Crippen molar-refractivity contribution in [2.45, 2.75) is 16.8 Å². The molecule has 0 aromatic heterocycles. The van der Waals surface area contributed by atoms with E-state index in [1.165, 1.54) is 0 Å². The molecule has 1 aromatic rings. The van der Waals surface area contributed by atoms with Gasteiger partial charge in [0.15, 0.2) is 0 Å². The molecule has 0 radical (unpaired) electrons. The fraction of sp³-hybridized carbons (Fsp3) is 0.455. The maximum absolute atomic E-state index is 13.0. The second kappa shape index (κ2) is 8.04. The first-order chi connectivity index (χ1) is 9.21. The van der Waals surface area contributed by atoms with Crippen LogP contribution in [0.3, 0.4) is 0 Å². The third-order valence-corrected chi connectivity index (χ3v) is 11.3. The van der Waals surface area contributed by atoms with Crippen molar-refractivity contribution < 1.29 is 13.6 Å². The normalized spacial score (nSPS) is 12.8. The molecule has 0 heterocycles. The topological polar surface area (TPSA) is 35.5 Å². The quantitative estimate of drug-likeness (QED) is 0.192. The first-order valence-electron chi connectivity index (χ1n) is 5.62. The van der Waals surface area contributed by atoms with Crippen LogP contribution < -0.4 is 0 Å². The minimum Gasteiger partial charge on any atom is -0.307 e. The molecule has 0 bridgehead atoms. The molecular formula is C11H12Br5O3P. The standard InChI is InChI=1S/C11H12Br5O3P/c1-3-18-20(17,19-4-2)11(15,16)7-5-6-8(12)10(14)9(7)13/h5-6H,3-4H2,1-2H3. The van der Waals surface area contributed by atoms with E-state index >= 15 is 0 Å². The zero-order valence-corrected chi connectivity index (χ0v) is 19.5. The van der Waals surface area contributed by atoms with Crippen molar-refractivity contribution in [3.63, 3.8) is 0 Å². The van der Waals surface area contributed by atoms with Crippen LogP contribution in [0.5, 0.6) is 0 Å². The predicted octanol–water partition coefficient (Wildman–Crippen LogP) is 7.14. The summed E-state index contributed by atoms with van der Waals surface area (Å²) < 4.78 is 25.1. The molecule has 9 heteroatoms. The van der Waals surface area contributed by atoms with Gasteiger partial charge in [0, 0.05) is 19.0 Å². The number of rotatable bonds is 6. The van der Waals surface area contributed by atoms with Crippen molar-refractivity contribution in [1.82, 2.24) is 0 Å². The summed E-state index contributed by atoms with van der Waals surface area (Å²) in [5.41, 5.74) is 0.706. The molecule has 0 amide bonds. The molecule has 0 aliphatic carbocycles. The van der Waals surface area contributed by atoms with Crippen molar-refractivity contribution in [3.05, 3.63) is 31.1 Å². The van der Waals surface area contributed by atoms with Gasteiger partial charge in [-0.3, -0.25) is 4.57 Å². The highest BCUT2D eigenvalue weighted by Crippen LogP contribution is 2.72. The van der Waals surface area contributed by atoms with Crippen LogP contribution in [0.1, 0.15) is 19.4 Å². The molecule has 0 N–H and O–H groups in total. The van der Waals surface area contributed by atoms with E-state index < -0.39 is 10.6 Å². The van der Waals surface area contributed by atoms with Gasteiger partial charge in [0.05, 0.1) is 13.2 Å². The third kappa shape index (κ3) is 3.99. The molecule has 0 unspecified atom stereocenters. The summed E-state index contributed by atoms with van der Waals surface area (Å²) in [5, 5.41) is 0. The van der Waals surface area contributed by atoms with Gasteiger partial charge in [0.1, 0.15) is 0 Å². The summed E-state index contributed by atoms with van der Waals surface area (Å²) >= 11 is 17.3. The minimum absolute atomic E-state index is 0.283. The Morgan fingerprint density at radius 3 is 2.00 bits per heavy atom. The van der Waals surface area contributed by atoms with Crippen molar-refractivity contribution in [1.29, 1.82) is 0 Å². The van der Waals surface area contributed by atoms with Crippen LogP contribution in [0.25, 0.3) is 0 Å². The molecule has 0 saturated carbocycles. The van der Waals surface area contributed by atoms with Gasteiger partial charge in [-0.25, -0.2) is 0 Å². The van der Waals surface area contributed by atoms with Gasteiger partial charge in [-0.2, -0.15) is 0 Å². The molecule has 0 saturated heterocycles. The maximum Gasteiger partial charge on any atom is 0.362 e. The van der Waals surface area contributed by atoms with E-state index in [2.05, 4.69) is 79.6 Å². The third-order valence-electron chi connectivity index (χ3n) is 2.30. The molecule has 0 spiro atoms. The zero-order valence-electron chi connectivity index (χ0n) is 10.6. The number of benzene rings is 1. The Hall–Kier alpha value is 1.77. The summed E-state index contributed by atoms with van der Waals surface area (Å²) in [5.74, 6) is 0. The largest absolute Gasteiger partial charge is 0.362 e. The van der Waals surface area contributed by atoms with Crippen molar-refractivity contribution in [3.8, 4) is 0 Å². The second-order valence-corrected chi connectivity index (χ2v) is 12.9. The Bertz CT molecular complexity index is 525. The first-order valence-corrected chi connectivity index (χ1v) is 11.1. The lowest BCUT2D eigenvalue weighted by atomic mass is 10.2. The maximum atomic E-state index is 13.0. The monoisotopic (exact) mass is 618 g/mol. The summed E-state index contributed by atoms with van der Waals surface area (Å²) in [6, 6.07) is 3.68. The number of hydrogen-bond donors (Lipinski definition) is 0. The molecule has 0 atom stereocenters. The van der Waals surface area contributed by atoms with Crippen LogP contribution >= 0.6 is 87.2 Å². The zero-order chi connectivity index (χ0) is 15.6. The molecule has 0 fully saturated rings. The number of alkyl halides is 2. The van der Waals surface area contributed by atoms with Crippen molar-refractivity contribution in [2.75, 3.05) is 13.2 Å². The van der Waals surface area contributed by atoms with Gasteiger partial charge >= 0.3 is 7.60 Å². The lowest BCUT2D eigenvalue weighted by Crippen LogP contribution is -2.15. The van der Waals surface area contributed by atoms with Crippen molar-refractivity contribution in [2.24, 2.45) is 0 Å². The van der Waals surface area contributed by atoms with Crippen LogP contribution in [-0.2, 0) is 16.6 Å². The average Bonchev–Trinajstić information content (AvgIpc) is 2.36. The van der Waals surface area contributed by atoms with E-state index in [0.717, 1.165) is 13.4 Å². The molecular weight excluding hydrogens is 611 g/mol. The summed E-state index contributed by atoms with van der Waals surface area (Å²) in [6.07, 6.45) is 0. The van der Waals surface area contributed by atoms with Crippen molar-refractivity contribution >= 4 is 87.2 Å². The minimum atomic E-state index is -3.44. The molecule has 0 aliphatic rings. The smallest absolute Gasteiger partial charge is 0.307 e. The van der Waals surface area contributed by atoms with Gasteiger partial charge in [-0.1, -0.05) is 37.9 Å².